The van der Waals surface area contributed by atoms with Crippen molar-refractivity contribution in [1.82, 2.24) is 0 Å². The van der Waals surface area contributed by atoms with Crippen molar-refractivity contribution in [3.63, 3.8) is 0 Å². The lowest BCUT2D eigenvalue weighted by molar-refractivity contribution is 0.626. The Bertz CT molecular complexity index is 630. The summed E-state index contributed by atoms with van der Waals surface area (Å²) in [5, 5.41) is 3.17. The lowest BCUT2D eigenvalue weighted by Crippen LogP contribution is -2.19. The average Bonchev–Trinajstić information content (AvgIpc) is 2.58. The standard InChI is InChI=1S/C23H33P/c1-5-6-7-8-9-12-18-24(22-16-11-10-14-20(22)3)23-17-13-15-19(2)21(23)4/h10-11,13-17H,5-9,12,18H2,1-4H3. The molecular formula is C23H33P. The first-order valence-corrected chi connectivity index (χ1v) is 11.1. The first-order valence-electron chi connectivity index (χ1n) is 9.54. The van der Waals surface area contributed by atoms with Crippen molar-refractivity contribution in [1.29, 1.82) is 0 Å². The number of unbranched alkanes of at least 4 members (excludes halogenated alkanes) is 5. The van der Waals surface area contributed by atoms with Crippen LogP contribution in [0.25, 0.3) is 0 Å². The Morgan fingerprint density at radius 1 is 0.667 bits per heavy atom. The number of hydrogen-bond donors (Lipinski definition) is 0. The van der Waals surface area contributed by atoms with Gasteiger partial charge in [-0.2, -0.15) is 0 Å². The van der Waals surface area contributed by atoms with E-state index in [1.807, 2.05) is 0 Å². The highest BCUT2D eigenvalue weighted by Crippen LogP contribution is 2.37. The average molecular weight is 340 g/mol. The Balaban J connectivity index is 2.16. The predicted octanol–water partition coefficient (Wildman–Crippen LogP) is 6.41. The summed E-state index contributed by atoms with van der Waals surface area (Å²) < 4.78 is 0. The third kappa shape index (κ3) is 5.18. The molecule has 0 amide bonds. The maximum absolute atomic E-state index is 2.37. The molecule has 2 aromatic carbocycles. The van der Waals surface area contributed by atoms with Gasteiger partial charge >= 0.3 is 0 Å². The summed E-state index contributed by atoms with van der Waals surface area (Å²) in [4.78, 5) is 0. The molecule has 0 radical (unpaired) electrons. The van der Waals surface area contributed by atoms with E-state index in [-0.39, 0.29) is 7.92 Å². The Kier molecular flexibility index (Phi) is 8.00. The molecule has 0 heterocycles. The lowest BCUT2D eigenvalue weighted by atomic mass is 10.1. The number of aryl methyl sites for hydroxylation is 2. The number of rotatable bonds is 9. The quantitative estimate of drug-likeness (QED) is 0.366. The Labute approximate surface area is 150 Å². The van der Waals surface area contributed by atoms with Gasteiger partial charge in [0.1, 0.15) is 0 Å². The van der Waals surface area contributed by atoms with Gasteiger partial charge in [-0.15, -0.1) is 0 Å². The molecule has 1 heteroatoms. The minimum Gasteiger partial charge on any atom is -0.0654 e. The molecule has 2 aromatic rings. The molecule has 0 aliphatic heterocycles. The van der Waals surface area contributed by atoms with E-state index in [0.717, 1.165) is 0 Å². The van der Waals surface area contributed by atoms with Gasteiger partial charge in [0.2, 0.25) is 0 Å². The smallest absolute Gasteiger partial charge is 0.0163 e. The summed E-state index contributed by atoms with van der Waals surface area (Å²) in [6, 6.07) is 15.9. The molecule has 2 rings (SSSR count). The second kappa shape index (κ2) is 10.00. The van der Waals surface area contributed by atoms with Crippen LogP contribution in [0.2, 0.25) is 0 Å². The monoisotopic (exact) mass is 340 g/mol. The van der Waals surface area contributed by atoms with Crippen LogP contribution < -0.4 is 10.6 Å². The van der Waals surface area contributed by atoms with E-state index in [1.54, 1.807) is 10.6 Å². The van der Waals surface area contributed by atoms with E-state index in [0.29, 0.717) is 0 Å². The van der Waals surface area contributed by atoms with Crippen LogP contribution in [0.15, 0.2) is 42.5 Å². The molecule has 24 heavy (non-hydrogen) atoms. The van der Waals surface area contributed by atoms with Gasteiger partial charge in [0.15, 0.2) is 0 Å². The van der Waals surface area contributed by atoms with Gasteiger partial charge in [-0.3, -0.25) is 0 Å². The van der Waals surface area contributed by atoms with Crippen LogP contribution in [0.5, 0.6) is 0 Å². The van der Waals surface area contributed by atoms with Gasteiger partial charge in [0.25, 0.3) is 0 Å². The lowest BCUT2D eigenvalue weighted by Gasteiger charge is -2.23. The van der Waals surface area contributed by atoms with Crippen molar-refractivity contribution in [3.05, 3.63) is 59.2 Å². The molecule has 0 aliphatic carbocycles. The van der Waals surface area contributed by atoms with E-state index >= 15 is 0 Å². The van der Waals surface area contributed by atoms with Gasteiger partial charge < -0.3 is 0 Å². The first-order chi connectivity index (χ1) is 11.6. The molecule has 0 nitrogen and oxygen atoms in total. The van der Waals surface area contributed by atoms with E-state index in [1.165, 1.54) is 61.4 Å². The Morgan fingerprint density at radius 3 is 2.04 bits per heavy atom. The largest absolute Gasteiger partial charge is 0.0654 e. The van der Waals surface area contributed by atoms with Crippen molar-refractivity contribution in [2.45, 2.75) is 66.2 Å². The van der Waals surface area contributed by atoms with Crippen LogP contribution >= 0.6 is 7.92 Å². The van der Waals surface area contributed by atoms with E-state index < -0.39 is 0 Å². The van der Waals surface area contributed by atoms with Crippen molar-refractivity contribution in [2.24, 2.45) is 0 Å². The predicted molar refractivity (Wildman–Crippen MR) is 112 cm³/mol. The fraction of sp³-hybridized carbons (Fsp3) is 0.478. The van der Waals surface area contributed by atoms with E-state index in [9.17, 15) is 0 Å². The zero-order chi connectivity index (χ0) is 17.4. The molecule has 1 unspecified atom stereocenters. The minimum atomic E-state index is -0.233. The maximum Gasteiger partial charge on any atom is -0.0163 e. The third-order valence-electron chi connectivity index (χ3n) is 5.01. The molecule has 0 spiro atoms. The molecule has 0 bridgehead atoms. The van der Waals surface area contributed by atoms with Crippen LogP contribution in [0.1, 0.15) is 62.1 Å². The SMILES string of the molecule is CCCCCCCCP(c1ccccc1C)c1cccc(C)c1C. The molecule has 0 saturated heterocycles. The molecule has 130 valence electrons. The third-order valence-corrected chi connectivity index (χ3v) is 7.92. The van der Waals surface area contributed by atoms with Gasteiger partial charge in [-0.05, 0) is 68.6 Å². The maximum atomic E-state index is 2.37. The van der Waals surface area contributed by atoms with Gasteiger partial charge in [-0.25, -0.2) is 0 Å². The van der Waals surface area contributed by atoms with E-state index in [4.69, 9.17) is 0 Å². The summed E-state index contributed by atoms with van der Waals surface area (Å²) in [6.07, 6.45) is 9.60. The van der Waals surface area contributed by atoms with Crippen molar-refractivity contribution < 1.29 is 0 Å². The van der Waals surface area contributed by atoms with Crippen LogP contribution in [-0.4, -0.2) is 6.16 Å². The summed E-state index contributed by atoms with van der Waals surface area (Å²) in [5.41, 5.74) is 4.38. The summed E-state index contributed by atoms with van der Waals surface area (Å²) in [7, 11) is -0.233. The molecule has 1 atom stereocenters. The van der Waals surface area contributed by atoms with Gasteiger partial charge in [-0.1, -0.05) is 81.5 Å². The number of benzene rings is 2. The highest BCUT2D eigenvalue weighted by Gasteiger charge is 2.17. The fourth-order valence-corrected chi connectivity index (χ4v) is 6.21. The molecular weight excluding hydrogens is 307 g/mol. The van der Waals surface area contributed by atoms with Crippen LogP contribution in [0, 0.1) is 20.8 Å². The Hall–Kier alpha value is -1.13. The zero-order valence-electron chi connectivity index (χ0n) is 15.9. The minimum absolute atomic E-state index is 0.233. The van der Waals surface area contributed by atoms with Crippen molar-refractivity contribution >= 4 is 18.5 Å². The molecule has 0 aromatic heterocycles. The highest BCUT2D eigenvalue weighted by molar-refractivity contribution is 7.73. The zero-order valence-corrected chi connectivity index (χ0v) is 16.8. The normalized spacial score (nSPS) is 12.3. The second-order valence-electron chi connectivity index (χ2n) is 6.92. The molecule has 0 saturated carbocycles. The van der Waals surface area contributed by atoms with Crippen LogP contribution in [-0.2, 0) is 0 Å². The van der Waals surface area contributed by atoms with Crippen LogP contribution in [0.3, 0.4) is 0 Å². The highest BCUT2D eigenvalue weighted by atomic mass is 31.1. The first kappa shape index (κ1) is 19.2. The van der Waals surface area contributed by atoms with Crippen LogP contribution in [0.4, 0.5) is 0 Å². The van der Waals surface area contributed by atoms with Crippen molar-refractivity contribution in [2.75, 3.05) is 6.16 Å². The molecule has 0 N–H and O–H groups in total. The summed E-state index contributed by atoms with van der Waals surface area (Å²) >= 11 is 0. The summed E-state index contributed by atoms with van der Waals surface area (Å²) in [5.74, 6) is 0. The Morgan fingerprint density at radius 2 is 1.29 bits per heavy atom. The topological polar surface area (TPSA) is 0 Å². The van der Waals surface area contributed by atoms with Crippen molar-refractivity contribution in [3.8, 4) is 0 Å². The molecule has 0 fully saturated rings. The summed E-state index contributed by atoms with van der Waals surface area (Å²) in [6.45, 7) is 9.11. The number of hydrogen-bond acceptors (Lipinski definition) is 0. The fourth-order valence-electron chi connectivity index (χ4n) is 3.32. The van der Waals surface area contributed by atoms with Gasteiger partial charge in [0.05, 0.1) is 0 Å². The van der Waals surface area contributed by atoms with Gasteiger partial charge in [0, 0.05) is 0 Å². The molecule has 0 aliphatic rings. The van der Waals surface area contributed by atoms with E-state index in [2.05, 4.69) is 70.2 Å². The second-order valence-corrected chi connectivity index (χ2v) is 9.19.